The van der Waals surface area contributed by atoms with Gasteiger partial charge in [-0.05, 0) is 103 Å². The molecule has 9 nitrogen and oxygen atoms in total. The van der Waals surface area contributed by atoms with Crippen LogP contribution in [0.2, 0.25) is 0 Å². The first-order valence-corrected chi connectivity index (χ1v) is 42.5. The number of likely N-dealkylation sites (N-methyl/N-ethyl adjacent to an activating group) is 1. The molecule has 0 saturated carbocycles. The molecule has 0 heterocycles. The molecule has 0 fully saturated rings. The molecule has 0 bridgehead atoms. The van der Waals surface area contributed by atoms with Crippen molar-refractivity contribution in [1.82, 2.24) is 0 Å². The maximum Gasteiger partial charge on any atom is 0.306 e. The van der Waals surface area contributed by atoms with Crippen LogP contribution in [0.3, 0.4) is 0 Å². The van der Waals surface area contributed by atoms with E-state index >= 15 is 0 Å². The summed E-state index contributed by atoms with van der Waals surface area (Å²) in [6, 6.07) is 0. The summed E-state index contributed by atoms with van der Waals surface area (Å²) in [5, 5.41) is 11.9. The van der Waals surface area contributed by atoms with Gasteiger partial charge in [-0.25, -0.2) is 0 Å². The Morgan fingerprint density at radius 1 is 0.304 bits per heavy atom. The van der Waals surface area contributed by atoms with Gasteiger partial charge in [0.15, 0.2) is 12.4 Å². The molecule has 9 heteroatoms. The van der Waals surface area contributed by atoms with Crippen LogP contribution in [0.15, 0.2) is 146 Å². The van der Waals surface area contributed by atoms with E-state index in [1.54, 1.807) is 0 Å². The molecule has 0 aliphatic carbocycles. The highest BCUT2D eigenvalue weighted by molar-refractivity contribution is 5.70. The van der Waals surface area contributed by atoms with Crippen LogP contribution in [0.25, 0.3) is 0 Å². The number of allylic oxidation sites excluding steroid dienone is 24. The predicted octanol–water partition coefficient (Wildman–Crippen LogP) is 26.4. The summed E-state index contributed by atoms with van der Waals surface area (Å²) in [5.41, 5.74) is 0. The second-order valence-electron chi connectivity index (χ2n) is 29.4. The van der Waals surface area contributed by atoms with Gasteiger partial charge in [-0.15, -0.1) is 0 Å². The second-order valence-corrected chi connectivity index (χ2v) is 29.4. The van der Waals surface area contributed by atoms with Crippen LogP contribution < -0.4 is 5.11 Å². The van der Waals surface area contributed by atoms with Crippen molar-refractivity contribution in [3.8, 4) is 0 Å². The van der Waals surface area contributed by atoms with Gasteiger partial charge in [-0.1, -0.05) is 397 Å². The lowest BCUT2D eigenvalue weighted by Crippen LogP contribution is -2.44. The zero-order valence-corrected chi connectivity index (χ0v) is 66.9. The monoisotopic (exact) mass is 1420 g/mol. The zero-order valence-electron chi connectivity index (χ0n) is 66.9. The molecule has 2 atom stereocenters. The lowest BCUT2D eigenvalue weighted by molar-refractivity contribution is -0.870. The molecule has 0 N–H and O–H groups in total. The highest BCUT2D eigenvalue weighted by Crippen LogP contribution is 2.19. The number of aliphatic carboxylic acids is 1. The molecule has 0 spiro atoms. The number of unbranched alkanes of at least 4 members (excludes halogenated alkanes) is 39. The van der Waals surface area contributed by atoms with Gasteiger partial charge in [0.2, 0.25) is 0 Å². The molecule has 0 saturated heterocycles. The Morgan fingerprint density at radius 2 is 0.559 bits per heavy atom. The Balaban J connectivity index is 4.09. The van der Waals surface area contributed by atoms with E-state index in [4.69, 9.17) is 18.9 Å². The maximum absolute atomic E-state index is 13.0. The molecule has 2 unspecified atom stereocenters. The van der Waals surface area contributed by atoms with E-state index in [0.29, 0.717) is 17.4 Å². The Hall–Kier alpha value is -4.83. The fraction of sp³-hybridized carbons (Fsp3) is 0.710. The normalized spacial score (nSPS) is 13.4. The van der Waals surface area contributed by atoms with Gasteiger partial charge < -0.3 is 33.3 Å². The van der Waals surface area contributed by atoms with Crippen molar-refractivity contribution in [3.05, 3.63) is 146 Å². The van der Waals surface area contributed by atoms with Gasteiger partial charge in [0, 0.05) is 12.8 Å². The van der Waals surface area contributed by atoms with Crippen LogP contribution in [-0.4, -0.2) is 82.3 Å². The number of carboxylic acid groups (broad SMARTS) is 1. The molecule has 584 valence electrons. The van der Waals surface area contributed by atoms with Crippen LogP contribution in [0, 0.1) is 0 Å². The third-order valence-corrected chi connectivity index (χ3v) is 18.4. The number of carboxylic acids is 1. The van der Waals surface area contributed by atoms with E-state index in [0.717, 1.165) is 122 Å². The van der Waals surface area contributed by atoms with Crippen molar-refractivity contribution in [2.45, 2.75) is 379 Å². The summed E-state index contributed by atoms with van der Waals surface area (Å²) in [4.78, 5) is 37.6. The maximum atomic E-state index is 13.0. The first-order chi connectivity index (χ1) is 50.1. The summed E-state index contributed by atoms with van der Waals surface area (Å²) < 4.78 is 22.8. The Morgan fingerprint density at radius 3 is 0.833 bits per heavy atom. The molecular weight excluding hydrogens is 1260 g/mol. The molecule has 0 rings (SSSR count). The first-order valence-electron chi connectivity index (χ1n) is 42.5. The number of carbonyl (C=O) groups excluding carboxylic acids is 3. The molecule has 0 radical (unpaired) electrons. The standard InChI is InChI=1S/C93H159NO8/c1-6-8-10-12-14-16-18-20-22-24-26-28-30-32-34-36-38-40-42-44-45-46-47-48-50-52-54-56-58-60-62-64-66-68-70-72-74-76-78-80-82-84-91(96)102-89(88-101-93(92(97)98)99-86-85-94(3,4)5)87-100-90(95)83-81-79-77-75-73-71-69-67-65-63-61-59-57-55-53-51-49-43-41-39-37-35-33-31-29-27-25-23-21-19-17-15-13-11-9-7-2/h8,10,14,16,20,22,26,28,32,34,38,40,44-45,47-48,52,54,58,60,64,66,70,72,89,93H,6-7,9,11-13,15,17-19,21,23-25,27,29-31,33,35-37,39,41-43,46,49-51,53,55-57,59,61-63,65,67-69,71,73-88H2,1-5H3/b10-8-,16-14-,22-20-,28-26-,34-32-,40-38-,45-44-,48-47-,54-52-,60-58-,66-64-,72-70-. The number of rotatable bonds is 78. The van der Waals surface area contributed by atoms with Crippen LogP contribution in [0.1, 0.15) is 367 Å². The highest BCUT2D eigenvalue weighted by atomic mass is 16.7. The number of nitrogens with zero attached hydrogens (tertiary/aromatic N) is 1. The van der Waals surface area contributed by atoms with E-state index < -0.39 is 24.3 Å². The third-order valence-electron chi connectivity index (χ3n) is 18.4. The summed E-state index contributed by atoms with van der Waals surface area (Å²) in [6.07, 6.45) is 117. The van der Waals surface area contributed by atoms with Crippen LogP contribution in [-0.2, 0) is 33.3 Å². The number of esters is 2. The third kappa shape index (κ3) is 82.5. The van der Waals surface area contributed by atoms with Crippen molar-refractivity contribution in [2.75, 3.05) is 47.5 Å². The molecule has 0 aromatic rings. The van der Waals surface area contributed by atoms with Crippen LogP contribution >= 0.6 is 0 Å². The van der Waals surface area contributed by atoms with Gasteiger partial charge in [-0.2, -0.15) is 0 Å². The van der Waals surface area contributed by atoms with E-state index in [-0.39, 0.29) is 38.6 Å². The molecule has 0 aliphatic heterocycles. The minimum Gasteiger partial charge on any atom is -0.545 e. The summed E-state index contributed by atoms with van der Waals surface area (Å²) in [5.74, 6) is -2.31. The second kappa shape index (κ2) is 81.8. The molecule has 0 amide bonds. The van der Waals surface area contributed by atoms with Gasteiger partial charge in [-0.3, -0.25) is 9.59 Å². The van der Waals surface area contributed by atoms with Gasteiger partial charge in [0.05, 0.1) is 40.3 Å². The molecule has 0 aromatic heterocycles. The number of carbonyl (C=O) groups is 3. The highest BCUT2D eigenvalue weighted by Gasteiger charge is 2.22. The fourth-order valence-electron chi connectivity index (χ4n) is 11.9. The number of quaternary nitrogens is 1. The van der Waals surface area contributed by atoms with Crippen molar-refractivity contribution in [2.24, 2.45) is 0 Å². The zero-order chi connectivity index (χ0) is 73.9. The molecular formula is C93H159NO8. The Labute approximate surface area is 630 Å². The van der Waals surface area contributed by atoms with E-state index in [1.807, 2.05) is 21.1 Å². The summed E-state index contributed by atoms with van der Waals surface area (Å²) in [6.45, 7) is 4.64. The number of ether oxygens (including phenoxy) is 4. The van der Waals surface area contributed by atoms with Gasteiger partial charge in [0.1, 0.15) is 13.2 Å². The lowest BCUT2D eigenvalue weighted by Gasteiger charge is -2.26. The largest absolute Gasteiger partial charge is 0.545 e. The van der Waals surface area contributed by atoms with Crippen molar-refractivity contribution < 1.29 is 42.9 Å². The Bertz CT molecular complexity index is 2200. The average molecular weight is 1420 g/mol. The lowest BCUT2D eigenvalue weighted by atomic mass is 10.0. The molecule has 0 aromatic carbocycles. The van der Waals surface area contributed by atoms with E-state index in [9.17, 15) is 19.5 Å². The van der Waals surface area contributed by atoms with Crippen LogP contribution in [0.4, 0.5) is 0 Å². The minimum absolute atomic E-state index is 0.137. The molecule has 102 heavy (non-hydrogen) atoms. The van der Waals surface area contributed by atoms with Gasteiger partial charge >= 0.3 is 11.9 Å². The fourth-order valence-corrected chi connectivity index (χ4v) is 11.9. The number of hydrogen-bond acceptors (Lipinski definition) is 8. The quantitative estimate of drug-likeness (QED) is 0.0195. The average Bonchev–Trinajstić information content (AvgIpc) is 0.999. The van der Waals surface area contributed by atoms with Gasteiger partial charge in [0.25, 0.3) is 0 Å². The molecule has 0 aliphatic rings. The van der Waals surface area contributed by atoms with Crippen molar-refractivity contribution >= 4 is 17.9 Å². The number of hydrogen-bond donors (Lipinski definition) is 0. The first kappa shape index (κ1) is 97.2. The van der Waals surface area contributed by atoms with Crippen LogP contribution in [0.5, 0.6) is 0 Å². The Kier molecular flexibility index (Phi) is 78.0. The van der Waals surface area contributed by atoms with E-state index in [2.05, 4.69) is 160 Å². The topological polar surface area (TPSA) is 111 Å². The smallest absolute Gasteiger partial charge is 0.306 e. The SMILES string of the molecule is CC/C=C\C/C=C\C/C=C\C/C=C\C/C=C\C/C=C\C/C=C\C/C=C\C/C=C\C/C=C\C/C=C\C/C=C\CCCCCCC(=O)OC(COC(=O)CCCCCCCCCCCCCCCCCCCCCCCCCCCCCCCCCCCCCC)COC(OCC[N+](C)(C)C)C(=O)[O-]. The summed E-state index contributed by atoms with van der Waals surface area (Å²) in [7, 11) is 5.93. The predicted molar refractivity (Wildman–Crippen MR) is 439 cm³/mol. The van der Waals surface area contributed by atoms with Crippen molar-refractivity contribution in [3.63, 3.8) is 0 Å². The summed E-state index contributed by atoms with van der Waals surface area (Å²) >= 11 is 0. The van der Waals surface area contributed by atoms with E-state index in [1.165, 1.54) is 212 Å². The van der Waals surface area contributed by atoms with Crippen molar-refractivity contribution in [1.29, 1.82) is 0 Å². The minimum atomic E-state index is -1.64.